The van der Waals surface area contributed by atoms with Crippen LogP contribution in [0.25, 0.3) is 0 Å². The summed E-state index contributed by atoms with van der Waals surface area (Å²) in [6.07, 6.45) is 5.91. The van der Waals surface area contributed by atoms with E-state index in [-0.39, 0.29) is 16.7 Å². The van der Waals surface area contributed by atoms with Gasteiger partial charge in [-0.15, -0.1) is 0 Å². The molecule has 0 amide bonds. The molecule has 9 atom stereocenters. The Kier molecular flexibility index (Phi) is 3.53. The van der Waals surface area contributed by atoms with E-state index in [0.29, 0.717) is 30.6 Å². The number of hydrogen-bond acceptors (Lipinski definition) is 2. The Balaban J connectivity index is 1.71. The molecule has 3 saturated carbocycles. The number of aliphatic hydroxyl groups excluding tert-OH is 2. The van der Waals surface area contributed by atoms with E-state index in [4.69, 9.17) is 0 Å². The Morgan fingerprint density at radius 1 is 1.17 bits per heavy atom. The summed E-state index contributed by atoms with van der Waals surface area (Å²) < 4.78 is 14.9. The second kappa shape index (κ2) is 5.05. The van der Waals surface area contributed by atoms with E-state index in [1.807, 2.05) is 0 Å². The second-order valence-electron chi connectivity index (χ2n) is 9.39. The molecular formula is C20H31FO2. The number of aliphatic hydroxyl groups is 2. The number of halogens is 1. The molecule has 4 unspecified atom stereocenters. The van der Waals surface area contributed by atoms with Crippen LogP contribution in [0.3, 0.4) is 0 Å². The number of hydrogen-bond donors (Lipinski definition) is 2. The van der Waals surface area contributed by atoms with Crippen molar-refractivity contribution in [2.75, 3.05) is 0 Å². The zero-order chi connectivity index (χ0) is 16.6. The normalized spacial score (nSPS) is 58.9. The van der Waals surface area contributed by atoms with Crippen molar-refractivity contribution < 1.29 is 14.6 Å². The molecule has 2 nitrogen and oxygen atoms in total. The highest BCUT2D eigenvalue weighted by molar-refractivity contribution is 5.27. The molecular weight excluding hydrogens is 291 g/mol. The zero-order valence-electron chi connectivity index (χ0n) is 14.6. The summed E-state index contributed by atoms with van der Waals surface area (Å²) >= 11 is 0. The third kappa shape index (κ3) is 1.99. The van der Waals surface area contributed by atoms with Crippen molar-refractivity contribution in [2.45, 2.75) is 77.7 Å². The van der Waals surface area contributed by atoms with E-state index in [0.717, 1.165) is 25.7 Å². The number of rotatable bonds is 0. The summed E-state index contributed by atoms with van der Waals surface area (Å²) in [5.41, 5.74) is 0.888. The van der Waals surface area contributed by atoms with Crippen LogP contribution < -0.4 is 0 Å². The average molecular weight is 322 g/mol. The fourth-order valence-electron chi connectivity index (χ4n) is 7.01. The van der Waals surface area contributed by atoms with Crippen LogP contribution in [0.1, 0.15) is 59.3 Å². The van der Waals surface area contributed by atoms with Gasteiger partial charge in [0.1, 0.15) is 6.17 Å². The first-order valence-electron chi connectivity index (χ1n) is 9.48. The van der Waals surface area contributed by atoms with Gasteiger partial charge in [-0.2, -0.15) is 0 Å². The Morgan fingerprint density at radius 2 is 1.91 bits per heavy atom. The molecule has 0 aromatic heterocycles. The van der Waals surface area contributed by atoms with Gasteiger partial charge in [0.05, 0.1) is 12.2 Å². The minimum atomic E-state index is -0.676. The highest BCUT2D eigenvalue weighted by Crippen LogP contribution is 2.66. The van der Waals surface area contributed by atoms with E-state index in [1.54, 1.807) is 0 Å². The van der Waals surface area contributed by atoms with Crippen molar-refractivity contribution in [3.63, 3.8) is 0 Å². The van der Waals surface area contributed by atoms with Crippen LogP contribution in [0.4, 0.5) is 4.39 Å². The third-order valence-corrected chi connectivity index (χ3v) is 8.37. The molecule has 23 heavy (non-hydrogen) atoms. The lowest BCUT2D eigenvalue weighted by Crippen LogP contribution is -2.55. The van der Waals surface area contributed by atoms with Gasteiger partial charge >= 0.3 is 0 Å². The summed E-state index contributed by atoms with van der Waals surface area (Å²) in [5.74, 6) is 1.55. The molecule has 0 aromatic rings. The summed E-state index contributed by atoms with van der Waals surface area (Å²) in [7, 11) is 0. The van der Waals surface area contributed by atoms with Crippen LogP contribution in [0, 0.1) is 34.5 Å². The lowest BCUT2D eigenvalue weighted by atomic mass is 9.47. The molecule has 2 N–H and O–H groups in total. The lowest BCUT2D eigenvalue weighted by Gasteiger charge is -2.58. The molecule has 130 valence electrons. The van der Waals surface area contributed by atoms with E-state index in [1.165, 1.54) is 5.57 Å². The van der Waals surface area contributed by atoms with E-state index in [9.17, 15) is 14.6 Å². The van der Waals surface area contributed by atoms with Crippen molar-refractivity contribution in [3.8, 4) is 0 Å². The molecule has 0 bridgehead atoms. The molecule has 0 heterocycles. The van der Waals surface area contributed by atoms with Gasteiger partial charge in [-0.25, -0.2) is 4.39 Å². The fourth-order valence-corrected chi connectivity index (χ4v) is 7.01. The van der Waals surface area contributed by atoms with Crippen LogP contribution in [0.15, 0.2) is 11.6 Å². The minimum Gasteiger partial charge on any atom is -0.393 e. The summed E-state index contributed by atoms with van der Waals surface area (Å²) in [6.45, 7) is 6.45. The van der Waals surface area contributed by atoms with E-state index >= 15 is 0 Å². The SMILES string of the molecule is CC1C[C@H]2[C@@H]3CC=C4CC(O)CC(O)[C@]4(C)[C@@H]3CC[C@]2(C)C1F. The highest BCUT2D eigenvalue weighted by Gasteiger charge is 2.62. The van der Waals surface area contributed by atoms with Crippen molar-refractivity contribution in [2.24, 2.45) is 34.5 Å². The van der Waals surface area contributed by atoms with Gasteiger partial charge in [-0.05, 0) is 55.8 Å². The van der Waals surface area contributed by atoms with Crippen LogP contribution in [-0.2, 0) is 0 Å². The maximum atomic E-state index is 14.9. The molecule has 4 aliphatic carbocycles. The molecule has 0 aromatic carbocycles. The Labute approximate surface area is 139 Å². The maximum Gasteiger partial charge on any atom is 0.108 e. The monoisotopic (exact) mass is 322 g/mol. The third-order valence-electron chi connectivity index (χ3n) is 8.37. The summed E-state index contributed by atoms with van der Waals surface area (Å²) in [4.78, 5) is 0. The quantitative estimate of drug-likeness (QED) is 0.665. The van der Waals surface area contributed by atoms with Crippen LogP contribution in [0.5, 0.6) is 0 Å². The molecule has 3 heteroatoms. The Bertz CT molecular complexity index is 532. The predicted octanol–water partition coefficient (Wildman–Crippen LogP) is 3.87. The standard InChI is InChI=1S/C20H31FO2/c1-11-8-16-14-5-4-12-9-13(22)10-17(23)20(12,3)15(14)6-7-19(16,2)18(11)21/h4,11,13-18,22-23H,5-10H2,1-3H3/t11?,13?,14-,15-,16+,17?,18?,19+,20+/m1/s1. The van der Waals surface area contributed by atoms with Crippen LogP contribution >= 0.6 is 0 Å². The van der Waals surface area contributed by atoms with Crippen LogP contribution in [-0.4, -0.2) is 28.6 Å². The van der Waals surface area contributed by atoms with Gasteiger partial charge < -0.3 is 10.2 Å². The van der Waals surface area contributed by atoms with E-state index in [2.05, 4.69) is 26.8 Å². The average Bonchev–Trinajstić information content (AvgIpc) is 2.73. The second-order valence-corrected chi connectivity index (χ2v) is 9.39. The van der Waals surface area contributed by atoms with E-state index < -0.39 is 18.4 Å². The largest absolute Gasteiger partial charge is 0.393 e. The van der Waals surface area contributed by atoms with Gasteiger partial charge in [0.2, 0.25) is 0 Å². The lowest BCUT2D eigenvalue weighted by molar-refractivity contribution is -0.106. The van der Waals surface area contributed by atoms with Gasteiger partial charge in [-0.1, -0.05) is 32.4 Å². The molecule has 4 aliphatic rings. The number of allylic oxidation sites excluding steroid dienone is 1. The van der Waals surface area contributed by atoms with Crippen molar-refractivity contribution in [1.29, 1.82) is 0 Å². The van der Waals surface area contributed by atoms with Gasteiger partial charge in [0, 0.05) is 17.3 Å². The van der Waals surface area contributed by atoms with Crippen molar-refractivity contribution in [3.05, 3.63) is 11.6 Å². The maximum absolute atomic E-state index is 14.9. The van der Waals surface area contributed by atoms with Crippen molar-refractivity contribution >= 4 is 0 Å². The smallest absolute Gasteiger partial charge is 0.108 e. The molecule has 0 aliphatic heterocycles. The topological polar surface area (TPSA) is 40.5 Å². The molecule has 0 radical (unpaired) electrons. The van der Waals surface area contributed by atoms with Gasteiger partial charge in [0.25, 0.3) is 0 Å². The van der Waals surface area contributed by atoms with Gasteiger partial charge in [-0.3, -0.25) is 0 Å². The van der Waals surface area contributed by atoms with Crippen molar-refractivity contribution in [1.82, 2.24) is 0 Å². The Hall–Kier alpha value is -0.410. The first-order chi connectivity index (χ1) is 10.8. The predicted molar refractivity (Wildman–Crippen MR) is 88.5 cm³/mol. The highest BCUT2D eigenvalue weighted by atomic mass is 19.1. The first-order valence-corrected chi connectivity index (χ1v) is 9.48. The fraction of sp³-hybridized carbons (Fsp3) is 0.900. The molecule has 4 rings (SSSR count). The minimum absolute atomic E-state index is 0.165. The summed E-state index contributed by atoms with van der Waals surface area (Å²) in [6, 6.07) is 0. The summed E-state index contributed by atoms with van der Waals surface area (Å²) in [5, 5.41) is 20.8. The zero-order valence-corrected chi connectivity index (χ0v) is 14.6. The molecule has 3 fully saturated rings. The number of alkyl halides is 1. The first kappa shape index (κ1) is 16.1. The molecule has 0 spiro atoms. The Morgan fingerprint density at radius 3 is 2.65 bits per heavy atom. The van der Waals surface area contributed by atoms with Crippen LogP contribution in [0.2, 0.25) is 0 Å². The van der Waals surface area contributed by atoms with Gasteiger partial charge in [0.15, 0.2) is 0 Å². The number of fused-ring (bicyclic) bond motifs is 5. The molecule has 0 saturated heterocycles.